The average molecular weight is 391 g/mol. The van der Waals surface area contributed by atoms with Crippen LogP contribution in [0.3, 0.4) is 0 Å². The second-order valence-electron chi connectivity index (χ2n) is 7.22. The van der Waals surface area contributed by atoms with Gasteiger partial charge in [-0.1, -0.05) is 36.4 Å². The number of nitrogens with one attached hydrogen (secondary N) is 2. The summed E-state index contributed by atoms with van der Waals surface area (Å²) in [7, 11) is -3.35. The van der Waals surface area contributed by atoms with E-state index in [1.54, 1.807) is 0 Å². The molecule has 0 aliphatic heterocycles. The molecule has 0 bridgehead atoms. The van der Waals surface area contributed by atoms with E-state index >= 15 is 0 Å². The van der Waals surface area contributed by atoms with E-state index in [4.69, 9.17) is 4.74 Å². The highest BCUT2D eigenvalue weighted by molar-refractivity contribution is 7.88. The predicted octanol–water partition coefficient (Wildman–Crippen LogP) is 3.59. The van der Waals surface area contributed by atoms with Crippen LogP contribution in [0.5, 0.6) is 5.75 Å². The first-order valence-corrected chi connectivity index (χ1v) is 10.9. The first-order chi connectivity index (χ1) is 12.7. The van der Waals surface area contributed by atoms with Gasteiger partial charge >= 0.3 is 0 Å². The van der Waals surface area contributed by atoms with Gasteiger partial charge in [0.25, 0.3) is 0 Å². The van der Waals surface area contributed by atoms with Crippen LogP contribution >= 0.6 is 0 Å². The fourth-order valence-corrected chi connectivity index (χ4v) is 4.31. The maximum absolute atomic E-state index is 12.2. The van der Waals surface area contributed by atoms with E-state index in [1.807, 2.05) is 76.2 Å². The minimum Gasteiger partial charge on any atom is -0.491 e. The molecule has 2 aromatic rings. The molecule has 0 unspecified atom stereocenters. The third-order valence-electron chi connectivity index (χ3n) is 3.79. The summed E-state index contributed by atoms with van der Waals surface area (Å²) in [5.74, 6) is 0.844. The van der Waals surface area contributed by atoms with Crippen LogP contribution in [0.1, 0.15) is 44.4 Å². The number of rotatable bonds is 10. The second kappa shape index (κ2) is 9.88. The Morgan fingerprint density at radius 1 is 0.926 bits per heavy atom. The van der Waals surface area contributed by atoms with E-state index in [0.717, 1.165) is 22.4 Å². The van der Waals surface area contributed by atoms with Gasteiger partial charge in [-0.3, -0.25) is 0 Å². The van der Waals surface area contributed by atoms with Crippen molar-refractivity contribution in [3.8, 4) is 5.75 Å². The lowest BCUT2D eigenvalue weighted by Gasteiger charge is -2.14. The molecule has 148 valence electrons. The van der Waals surface area contributed by atoms with Crippen LogP contribution in [0.2, 0.25) is 0 Å². The van der Waals surface area contributed by atoms with Crippen molar-refractivity contribution in [1.29, 1.82) is 0 Å². The highest BCUT2D eigenvalue weighted by atomic mass is 32.2. The molecule has 6 heteroatoms. The van der Waals surface area contributed by atoms with Crippen LogP contribution < -0.4 is 14.8 Å². The monoisotopic (exact) mass is 390 g/mol. The molecule has 5 nitrogen and oxygen atoms in total. The molecule has 0 amide bonds. The molecule has 0 saturated carbocycles. The Labute approximate surface area is 163 Å². The largest absolute Gasteiger partial charge is 0.491 e. The van der Waals surface area contributed by atoms with Crippen molar-refractivity contribution in [2.75, 3.05) is 0 Å². The van der Waals surface area contributed by atoms with Crippen LogP contribution in [0.25, 0.3) is 0 Å². The van der Waals surface area contributed by atoms with Gasteiger partial charge in [-0.25, -0.2) is 13.1 Å². The van der Waals surface area contributed by atoms with Crippen molar-refractivity contribution >= 4 is 10.0 Å². The van der Waals surface area contributed by atoms with E-state index in [0.29, 0.717) is 13.1 Å². The minimum atomic E-state index is -3.35. The van der Waals surface area contributed by atoms with Gasteiger partial charge in [0.1, 0.15) is 5.75 Å². The number of benzene rings is 2. The molecule has 0 radical (unpaired) electrons. The molecular weight excluding hydrogens is 360 g/mol. The molecule has 0 aromatic heterocycles. The van der Waals surface area contributed by atoms with Gasteiger partial charge in [-0.15, -0.1) is 0 Å². The maximum Gasteiger partial charge on any atom is 0.216 e. The molecule has 0 saturated heterocycles. The summed E-state index contributed by atoms with van der Waals surface area (Å²) < 4.78 is 32.8. The summed E-state index contributed by atoms with van der Waals surface area (Å²) in [4.78, 5) is 0. The Kier molecular flexibility index (Phi) is 7.83. The molecule has 27 heavy (non-hydrogen) atoms. The molecule has 0 spiro atoms. The zero-order valence-electron chi connectivity index (χ0n) is 16.5. The summed E-state index contributed by atoms with van der Waals surface area (Å²) in [6, 6.07) is 15.5. The summed E-state index contributed by atoms with van der Waals surface area (Å²) in [6.45, 7) is 8.93. The molecule has 0 aliphatic rings. The zero-order chi connectivity index (χ0) is 19.9. The van der Waals surface area contributed by atoms with Crippen molar-refractivity contribution < 1.29 is 13.2 Å². The molecule has 2 aromatic carbocycles. The Bertz CT molecular complexity index is 833. The standard InChI is InChI=1S/C21H30N2O3S/c1-16(2)23-27(24,25)15-20-10-6-5-9-19(20)14-22-13-18-8-7-11-21(12-18)26-17(3)4/h5-12,16-17,22-23H,13-15H2,1-4H3. The van der Waals surface area contributed by atoms with Gasteiger partial charge in [0.2, 0.25) is 10.0 Å². The molecule has 0 aliphatic carbocycles. The molecule has 0 atom stereocenters. The third-order valence-corrected chi connectivity index (χ3v) is 5.32. The van der Waals surface area contributed by atoms with E-state index in [2.05, 4.69) is 10.0 Å². The first-order valence-electron chi connectivity index (χ1n) is 9.28. The van der Waals surface area contributed by atoms with Crippen LogP contribution in [0, 0.1) is 0 Å². The van der Waals surface area contributed by atoms with Crippen molar-refractivity contribution in [2.45, 2.75) is 58.7 Å². The van der Waals surface area contributed by atoms with Crippen LogP contribution in [-0.2, 0) is 28.9 Å². The number of hydrogen-bond acceptors (Lipinski definition) is 4. The van der Waals surface area contributed by atoms with Crippen molar-refractivity contribution in [2.24, 2.45) is 0 Å². The van der Waals surface area contributed by atoms with E-state index in [1.165, 1.54) is 0 Å². The van der Waals surface area contributed by atoms with Crippen LogP contribution in [0.4, 0.5) is 0 Å². The Morgan fingerprint density at radius 3 is 2.30 bits per heavy atom. The minimum absolute atomic E-state index is 0.0131. The van der Waals surface area contributed by atoms with Gasteiger partial charge in [0, 0.05) is 19.1 Å². The lowest BCUT2D eigenvalue weighted by Crippen LogP contribution is -2.31. The van der Waals surface area contributed by atoms with Gasteiger partial charge in [0.05, 0.1) is 11.9 Å². The number of hydrogen-bond donors (Lipinski definition) is 2. The van der Waals surface area contributed by atoms with Crippen molar-refractivity contribution in [1.82, 2.24) is 10.0 Å². The van der Waals surface area contributed by atoms with Gasteiger partial charge < -0.3 is 10.1 Å². The number of sulfonamides is 1. The van der Waals surface area contributed by atoms with Crippen molar-refractivity contribution in [3.05, 3.63) is 65.2 Å². The Hall–Kier alpha value is -1.89. The quantitative estimate of drug-likeness (QED) is 0.651. The van der Waals surface area contributed by atoms with Crippen LogP contribution in [0.15, 0.2) is 48.5 Å². The lowest BCUT2D eigenvalue weighted by atomic mass is 10.1. The predicted molar refractivity (Wildman–Crippen MR) is 110 cm³/mol. The van der Waals surface area contributed by atoms with Crippen LogP contribution in [-0.4, -0.2) is 20.6 Å². The number of ether oxygens (including phenoxy) is 1. The fourth-order valence-electron chi connectivity index (χ4n) is 2.82. The highest BCUT2D eigenvalue weighted by Gasteiger charge is 2.15. The normalized spacial score (nSPS) is 11.9. The molecule has 2 rings (SSSR count). The lowest BCUT2D eigenvalue weighted by molar-refractivity contribution is 0.242. The summed E-state index contributed by atoms with van der Waals surface area (Å²) in [5.41, 5.74) is 2.93. The highest BCUT2D eigenvalue weighted by Crippen LogP contribution is 2.16. The summed E-state index contributed by atoms with van der Waals surface area (Å²) in [6.07, 6.45) is 0.140. The van der Waals surface area contributed by atoms with E-state index < -0.39 is 10.0 Å². The average Bonchev–Trinajstić information content (AvgIpc) is 2.54. The zero-order valence-corrected chi connectivity index (χ0v) is 17.3. The van der Waals surface area contributed by atoms with Crippen molar-refractivity contribution in [3.63, 3.8) is 0 Å². The first kappa shape index (κ1) is 21.4. The molecule has 0 heterocycles. The Morgan fingerprint density at radius 2 is 1.63 bits per heavy atom. The smallest absolute Gasteiger partial charge is 0.216 e. The van der Waals surface area contributed by atoms with Gasteiger partial charge in [-0.2, -0.15) is 0 Å². The Balaban J connectivity index is 1.99. The summed E-state index contributed by atoms with van der Waals surface area (Å²) in [5, 5.41) is 3.39. The SMILES string of the molecule is CC(C)NS(=O)(=O)Cc1ccccc1CNCc1cccc(OC(C)C)c1. The third kappa shape index (κ3) is 7.71. The molecule has 0 fully saturated rings. The molecule has 2 N–H and O–H groups in total. The molecular formula is C21H30N2O3S. The summed E-state index contributed by atoms with van der Waals surface area (Å²) >= 11 is 0. The van der Waals surface area contributed by atoms with Gasteiger partial charge in [0.15, 0.2) is 0 Å². The topological polar surface area (TPSA) is 67.4 Å². The van der Waals surface area contributed by atoms with Gasteiger partial charge in [-0.05, 0) is 56.5 Å². The maximum atomic E-state index is 12.2. The van der Waals surface area contributed by atoms with E-state index in [-0.39, 0.29) is 17.9 Å². The second-order valence-corrected chi connectivity index (χ2v) is 8.97. The fraction of sp³-hybridized carbons (Fsp3) is 0.429. The van der Waals surface area contributed by atoms with E-state index in [9.17, 15) is 8.42 Å².